The molecule has 0 aliphatic carbocycles. The number of carbonyl (C=O) groups is 1. The molecule has 34 heavy (non-hydrogen) atoms. The van der Waals surface area contributed by atoms with Crippen LogP contribution in [0.25, 0.3) is 10.9 Å². The van der Waals surface area contributed by atoms with Crippen LogP contribution in [0.5, 0.6) is 0 Å². The number of aromatic nitrogens is 2. The first-order valence-electron chi connectivity index (χ1n) is 11.8. The third kappa shape index (κ3) is 5.97. The highest BCUT2D eigenvalue weighted by molar-refractivity contribution is 9.10. The molecule has 3 heterocycles. The molecule has 1 saturated heterocycles. The van der Waals surface area contributed by atoms with Crippen molar-refractivity contribution in [1.82, 2.24) is 15.3 Å². The number of nitrogens with one attached hydrogen (secondary N) is 2. The molecule has 1 atom stereocenters. The van der Waals surface area contributed by atoms with E-state index in [1.807, 2.05) is 51.4 Å². The van der Waals surface area contributed by atoms with Gasteiger partial charge in [-0.1, -0.05) is 22.9 Å². The Morgan fingerprint density at radius 3 is 2.74 bits per heavy atom. The van der Waals surface area contributed by atoms with E-state index in [1.165, 1.54) is 0 Å². The molecule has 1 fully saturated rings. The van der Waals surface area contributed by atoms with Gasteiger partial charge in [-0.15, -0.1) is 0 Å². The van der Waals surface area contributed by atoms with Crippen LogP contribution in [-0.2, 0) is 11.2 Å². The lowest BCUT2D eigenvalue weighted by atomic mass is 10.1. The molecule has 0 radical (unpaired) electrons. The van der Waals surface area contributed by atoms with Crippen molar-refractivity contribution in [2.45, 2.75) is 58.6 Å². The zero-order valence-corrected chi connectivity index (χ0v) is 21.8. The summed E-state index contributed by atoms with van der Waals surface area (Å²) in [5.74, 6) is 0.902. The molecule has 8 heteroatoms. The van der Waals surface area contributed by atoms with Gasteiger partial charge in [0.1, 0.15) is 11.4 Å². The highest BCUT2D eigenvalue weighted by atomic mass is 79.9. The normalized spacial score (nSPS) is 16.4. The van der Waals surface area contributed by atoms with Gasteiger partial charge in [0.25, 0.3) is 0 Å². The lowest BCUT2D eigenvalue weighted by Crippen LogP contribution is -2.49. The minimum absolute atomic E-state index is 0.0388. The largest absolute Gasteiger partial charge is 0.444 e. The molecule has 0 spiro atoms. The van der Waals surface area contributed by atoms with Crippen LogP contribution in [0.15, 0.2) is 47.2 Å². The second-order valence-electron chi connectivity index (χ2n) is 9.63. The second kappa shape index (κ2) is 10.2. The van der Waals surface area contributed by atoms with Crippen molar-refractivity contribution in [3.63, 3.8) is 0 Å². The Morgan fingerprint density at radius 1 is 1.21 bits per heavy atom. The molecule has 2 N–H and O–H groups in total. The highest BCUT2D eigenvalue weighted by Crippen LogP contribution is 2.32. The summed E-state index contributed by atoms with van der Waals surface area (Å²) in [6, 6.07) is 10.2. The van der Waals surface area contributed by atoms with Crippen molar-refractivity contribution in [3.8, 4) is 0 Å². The molecule has 2 aromatic heterocycles. The van der Waals surface area contributed by atoms with Gasteiger partial charge in [0.05, 0.1) is 23.1 Å². The molecule has 1 aliphatic rings. The first-order valence-corrected chi connectivity index (χ1v) is 12.6. The number of anilines is 3. The smallest absolute Gasteiger partial charge is 0.407 e. The van der Waals surface area contributed by atoms with Crippen molar-refractivity contribution in [1.29, 1.82) is 0 Å². The van der Waals surface area contributed by atoms with Crippen molar-refractivity contribution in [2.24, 2.45) is 0 Å². The van der Waals surface area contributed by atoms with E-state index in [4.69, 9.17) is 9.72 Å². The van der Waals surface area contributed by atoms with Crippen molar-refractivity contribution < 1.29 is 9.53 Å². The Morgan fingerprint density at radius 2 is 2.03 bits per heavy atom. The lowest BCUT2D eigenvalue weighted by molar-refractivity contribution is 0.0500. The zero-order valence-electron chi connectivity index (χ0n) is 20.2. The number of fused-ring (bicyclic) bond motifs is 1. The number of amides is 1. The van der Waals surface area contributed by atoms with Gasteiger partial charge in [0.2, 0.25) is 0 Å². The number of aryl methyl sites for hydroxylation is 1. The predicted octanol–water partition coefficient (Wildman–Crippen LogP) is 6.19. The van der Waals surface area contributed by atoms with Gasteiger partial charge in [0.15, 0.2) is 0 Å². The van der Waals surface area contributed by atoms with Crippen molar-refractivity contribution >= 4 is 50.1 Å². The van der Waals surface area contributed by atoms with Crippen LogP contribution in [0.1, 0.15) is 46.1 Å². The van der Waals surface area contributed by atoms with E-state index in [0.717, 1.165) is 63.9 Å². The van der Waals surface area contributed by atoms with Gasteiger partial charge >= 0.3 is 6.09 Å². The maximum absolute atomic E-state index is 12.2. The number of carbonyl (C=O) groups excluding carboxylic acids is 1. The summed E-state index contributed by atoms with van der Waals surface area (Å²) < 4.78 is 6.43. The summed E-state index contributed by atoms with van der Waals surface area (Å²) in [5.41, 5.74) is 3.58. The van der Waals surface area contributed by atoms with Crippen LogP contribution in [0, 0.1) is 0 Å². The van der Waals surface area contributed by atoms with Crippen LogP contribution >= 0.6 is 15.9 Å². The third-order valence-corrected chi connectivity index (χ3v) is 6.27. The Bertz CT molecular complexity index is 1160. The molecule has 0 bridgehead atoms. The molecule has 4 rings (SSSR count). The summed E-state index contributed by atoms with van der Waals surface area (Å²) in [6.45, 7) is 9.37. The summed E-state index contributed by atoms with van der Waals surface area (Å²) >= 11 is 3.58. The quantitative estimate of drug-likeness (QED) is 0.413. The van der Waals surface area contributed by atoms with Crippen molar-refractivity contribution in [2.75, 3.05) is 23.3 Å². The average molecular weight is 526 g/mol. The molecule has 1 unspecified atom stereocenters. The summed E-state index contributed by atoms with van der Waals surface area (Å²) in [4.78, 5) is 23.7. The van der Waals surface area contributed by atoms with E-state index in [0.29, 0.717) is 6.54 Å². The van der Waals surface area contributed by atoms with Crippen LogP contribution in [0.2, 0.25) is 0 Å². The maximum Gasteiger partial charge on any atom is 0.407 e. The van der Waals surface area contributed by atoms with Crippen molar-refractivity contribution in [3.05, 3.63) is 52.8 Å². The standard InChI is InChI=1S/C26H32BrN5O2/c1-5-17-14-28-22-10-8-18(27)13-21(22)24(17)30-19-9-11-23(29-15-19)32-12-6-7-20(16-32)31-25(33)34-26(2,3)4/h8-11,13-15,20H,5-7,12,16H2,1-4H3,(H,28,30)(H,31,33). The van der Waals surface area contributed by atoms with Gasteiger partial charge in [0, 0.05) is 35.2 Å². The summed E-state index contributed by atoms with van der Waals surface area (Å²) in [5, 5.41) is 7.64. The molecular weight excluding hydrogens is 494 g/mol. The maximum atomic E-state index is 12.2. The van der Waals surface area contributed by atoms with Crippen LogP contribution < -0.4 is 15.5 Å². The fraction of sp³-hybridized carbons (Fsp3) is 0.423. The van der Waals surface area contributed by atoms with Gasteiger partial charge < -0.3 is 20.3 Å². The molecule has 3 aromatic rings. The minimum Gasteiger partial charge on any atom is -0.444 e. The Kier molecular flexibility index (Phi) is 7.26. The fourth-order valence-electron chi connectivity index (χ4n) is 4.19. The highest BCUT2D eigenvalue weighted by Gasteiger charge is 2.25. The number of hydrogen-bond donors (Lipinski definition) is 2. The van der Waals surface area contributed by atoms with E-state index >= 15 is 0 Å². The van der Waals surface area contributed by atoms with Gasteiger partial charge in [-0.25, -0.2) is 9.78 Å². The predicted molar refractivity (Wildman–Crippen MR) is 141 cm³/mol. The molecule has 1 aliphatic heterocycles. The van der Waals surface area contributed by atoms with E-state index in [1.54, 1.807) is 0 Å². The van der Waals surface area contributed by atoms with E-state index in [2.05, 4.69) is 55.5 Å². The summed E-state index contributed by atoms with van der Waals surface area (Å²) in [6.07, 6.45) is 6.23. The fourth-order valence-corrected chi connectivity index (χ4v) is 4.55. The molecule has 1 amide bonds. The van der Waals surface area contributed by atoms with Crippen LogP contribution in [-0.4, -0.2) is 40.8 Å². The first-order chi connectivity index (χ1) is 16.2. The SMILES string of the molecule is CCc1cnc2ccc(Br)cc2c1Nc1ccc(N2CCCC(NC(=O)OC(C)(C)C)C2)nc1. The number of halogens is 1. The third-order valence-electron chi connectivity index (χ3n) is 5.77. The first kappa shape index (κ1) is 24.3. The van der Waals surface area contributed by atoms with Gasteiger partial charge in [-0.05, 0) is 75.9 Å². The monoisotopic (exact) mass is 525 g/mol. The Balaban J connectivity index is 1.47. The van der Waals surface area contributed by atoms with Crippen LogP contribution in [0.3, 0.4) is 0 Å². The number of benzene rings is 1. The zero-order chi connectivity index (χ0) is 24.3. The van der Waals surface area contributed by atoms with Crippen LogP contribution in [0.4, 0.5) is 22.0 Å². The topological polar surface area (TPSA) is 79.4 Å². The van der Waals surface area contributed by atoms with E-state index in [-0.39, 0.29) is 12.1 Å². The molecule has 7 nitrogen and oxygen atoms in total. The Hall–Kier alpha value is -2.87. The Labute approximate surface area is 209 Å². The molecule has 0 saturated carbocycles. The second-order valence-corrected chi connectivity index (χ2v) is 10.6. The lowest BCUT2D eigenvalue weighted by Gasteiger charge is -2.34. The number of piperidine rings is 1. The number of rotatable bonds is 5. The molecular formula is C26H32BrN5O2. The van der Waals surface area contributed by atoms with E-state index in [9.17, 15) is 4.79 Å². The van der Waals surface area contributed by atoms with Gasteiger partial charge in [-0.3, -0.25) is 4.98 Å². The number of ether oxygens (including phenoxy) is 1. The van der Waals surface area contributed by atoms with E-state index < -0.39 is 5.60 Å². The molecule has 180 valence electrons. The number of pyridine rings is 2. The number of alkyl carbamates (subject to hydrolysis) is 1. The number of nitrogens with zero attached hydrogens (tertiary/aromatic N) is 3. The van der Waals surface area contributed by atoms with Gasteiger partial charge in [-0.2, -0.15) is 0 Å². The molecule has 1 aromatic carbocycles. The minimum atomic E-state index is -0.503. The summed E-state index contributed by atoms with van der Waals surface area (Å²) in [7, 11) is 0. The number of hydrogen-bond acceptors (Lipinski definition) is 6. The average Bonchev–Trinajstić information content (AvgIpc) is 2.79.